The van der Waals surface area contributed by atoms with Crippen molar-refractivity contribution in [2.24, 2.45) is 0 Å². The third kappa shape index (κ3) is 4.43. The van der Waals surface area contributed by atoms with Crippen LogP contribution < -0.4 is 10.1 Å². The molecule has 4 heteroatoms. The first kappa shape index (κ1) is 16.3. The quantitative estimate of drug-likeness (QED) is 0.843. The Morgan fingerprint density at radius 1 is 1.33 bits per heavy atom. The van der Waals surface area contributed by atoms with Gasteiger partial charge < -0.3 is 20.1 Å². The van der Waals surface area contributed by atoms with Crippen molar-refractivity contribution in [1.82, 2.24) is 10.2 Å². The summed E-state index contributed by atoms with van der Waals surface area (Å²) in [5.74, 6) is 0.886. The fourth-order valence-corrected chi connectivity index (χ4v) is 3.06. The van der Waals surface area contributed by atoms with E-state index in [0.717, 1.165) is 31.6 Å². The number of nitrogens with one attached hydrogen (secondary N) is 1. The summed E-state index contributed by atoms with van der Waals surface area (Å²) in [7, 11) is 5.87. The van der Waals surface area contributed by atoms with E-state index in [-0.39, 0.29) is 18.2 Å². The molecule has 1 aromatic rings. The minimum Gasteiger partial charge on any atom is -0.497 e. The lowest BCUT2D eigenvalue weighted by Crippen LogP contribution is -2.45. The molecule has 0 bridgehead atoms. The van der Waals surface area contributed by atoms with Crippen molar-refractivity contribution in [3.05, 3.63) is 29.8 Å². The number of benzene rings is 1. The summed E-state index contributed by atoms with van der Waals surface area (Å²) < 4.78 is 5.32. The van der Waals surface area contributed by atoms with Crippen LogP contribution in [0, 0.1) is 0 Å². The molecule has 0 aliphatic heterocycles. The number of ether oxygens (including phenoxy) is 1. The SMILES string of the molecule is COc1cccc(C(CNC2CCCCC2O)N(C)C)c1. The van der Waals surface area contributed by atoms with E-state index in [1.807, 2.05) is 12.1 Å². The second-order valence-electron chi connectivity index (χ2n) is 6.12. The Hall–Kier alpha value is -1.10. The van der Waals surface area contributed by atoms with E-state index < -0.39 is 0 Å². The molecule has 0 heterocycles. The molecule has 2 rings (SSSR count). The molecule has 4 nitrogen and oxygen atoms in total. The second kappa shape index (κ2) is 7.78. The molecule has 2 N–H and O–H groups in total. The number of hydrogen-bond donors (Lipinski definition) is 2. The Labute approximate surface area is 128 Å². The fraction of sp³-hybridized carbons (Fsp3) is 0.647. The van der Waals surface area contributed by atoms with Crippen LogP contribution in [0.4, 0.5) is 0 Å². The molecular formula is C17H28N2O2. The van der Waals surface area contributed by atoms with E-state index in [9.17, 15) is 5.11 Å². The first-order chi connectivity index (χ1) is 10.1. The molecule has 3 unspecified atom stereocenters. The van der Waals surface area contributed by atoms with Gasteiger partial charge in [0.15, 0.2) is 0 Å². The van der Waals surface area contributed by atoms with Crippen LogP contribution in [0.1, 0.15) is 37.3 Å². The van der Waals surface area contributed by atoms with Crippen LogP contribution in [0.3, 0.4) is 0 Å². The van der Waals surface area contributed by atoms with Crippen LogP contribution >= 0.6 is 0 Å². The first-order valence-electron chi connectivity index (χ1n) is 7.83. The lowest BCUT2D eigenvalue weighted by Gasteiger charge is -2.32. The Morgan fingerprint density at radius 2 is 2.10 bits per heavy atom. The number of hydrogen-bond acceptors (Lipinski definition) is 4. The molecule has 1 saturated carbocycles. The van der Waals surface area contributed by atoms with Crippen LogP contribution in [0.15, 0.2) is 24.3 Å². The zero-order chi connectivity index (χ0) is 15.2. The van der Waals surface area contributed by atoms with Crippen LogP contribution in [0.2, 0.25) is 0 Å². The van der Waals surface area contributed by atoms with Gasteiger partial charge in [0.05, 0.1) is 13.2 Å². The minimum absolute atomic E-state index is 0.202. The maximum atomic E-state index is 10.1. The van der Waals surface area contributed by atoms with Crippen LogP contribution in [0.25, 0.3) is 0 Å². The van der Waals surface area contributed by atoms with Gasteiger partial charge in [-0.05, 0) is 44.6 Å². The van der Waals surface area contributed by atoms with Gasteiger partial charge in [-0.1, -0.05) is 25.0 Å². The van der Waals surface area contributed by atoms with Crippen molar-refractivity contribution in [2.75, 3.05) is 27.7 Å². The van der Waals surface area contributed by atoms with Crippen molar-refractivity contribution in [2.45, 2.75) is 43.9 Å². The highest BCUT2D eigenvalue weighted by atomic mass is 16.5. The zero-order valence-electron chi connectivity index (χ0n) is 13.4. The number of aliphatic hydroxyl groups is 1. The molecule has 1 fully saturated rings. The van der Waals surface area contributed by atoms with E-state index in [2.05, 4.69) is 36.4 Å². The average Bonchev–Trinajstić information content (AvgIpc) is 2.49. The normalized spacial score (nSPS) is 24.0. The van der Waals surface area contributed by atoms with E-state index in [4.69, 9.17) is 4.74 Å². The van der Waals surface area contributed by atoms with Gasteiger partial charge in [-0.15, -0.1) is 0 Å². The van der Waals surface area contributed by atoms with Gasteiger partial charge in [-0.25, -0.2) is 0 Å². The molecule has 3 atom stereocenters. The number of nitrogens with zero attached hydrogens (tertiary/aromatic N) is 1. The smallest absolute Gasteiger partial charge is 0.119 e. The molecule has 0 saturated heterocycles. The van der Waals surface area contributed by atoms with Crippen molar-refractivity contribution >= 4 is 0 Å². The fourth-order valence-electron chi connectivity index (χ4n) is 3.06. The topological polar surface area (TPSA) is 44.7 Å². The maximum Gasteiger partial charge on any atom is 0.119 e. The van der Waals surface area contributed by atoms with Gasteiger partial charge in [0, 0.05) is 18.6 Å². The number of rotatable bonds is 6. The van der Waals surface area contributed by atoms with Gasteiger partial charge in [0.1, 0.15) is 5.75 Å². The summed E-state index contributed by atoms with van der Waals surface area (Å²) in [4.78, 5) is 2.21. The lowest BCUT2D eigenvalue weighted by molar-refractivity contribution is 0.0869. The van der Waals surface area contributed by atoms with E-state index >= 15 is 0 Å². The highest BCUT2D eigenvalue weighted by molar-refractivity contribution is 5.30. The number of likely N-dealkylation sites (N-methyl/N-ethyl adjacent to an activating group) is 1. The van der Waals surface area contributed by atoms with Crippen molar-refractivity contribution < 1.29 is 9.84 Å². The monoisotopic (exact) mass is 292 g/mol. The van der Waals surface area contributed by atoms with Crippen molar-refractivity contribution in [3.8, 4) is 5.75 Å². The molecule has 1 aliphatic carbocycles. The standard InChI is InChI=1S/C17H28N2O2/c1-19(2)16(13-7-6-8-14(11-13)21-3)12-18-15-9-4-5-10-17(15)20/h6-8,11,15-18,20H,4-5,9-10,12H2,1-3H3. The molecule has 0 radical (unpaired) electrons. The molecule has 1 aromatic carbocycles. The minimum atomic E-state index is -0.202. The Kier molecular flexibility index (Phi) is 6.03. The Morgan fingerprint density at radius 3 is 2.76 bits per heavy atom. The van der Waals surface area contributed by atoms with E-state index in [1.54, 1.807) is 7.11 Å². The molecule has 1 aliphatic rings. The van der Waals surface area contributed by atoms with E-state index in [0.29, 0.717) is 0 Å². The third-order valence-corrected chi connectivity index (χ3v) is 4.40. The molecule has 21 heavy (non-hydrogen) atoms. The summed E-state index contributed by atoms with van der Waals surface area (Å²) in [5.41, 5.74) is 1.23. The van der Waals surface area contributed by atoms with Crippen molar-refractivity contribution in [1.29, 1.82) is 0 Å². The van der Waals surface area contributed by atoms with Crippen molar-refractivity contribution in [3.63, 3.8) is 0 Å². The summed E-state index contributed by atoms with van der Waals surface area (Å²) in [6.45, 7) is 0.835. The lowest BCUT2D eigenvalue weighted by atomic mass is 9.92. The molecule has 0 amide bonds. The molecule has 0 aromatic heterocycles. The van der Waals surface area contributed by atoms with Gasteiger partial charge in [-0.2, -0.15) is 0 Å². The second-order valence-corrected chi connectivity index (χ2v) is 6.12. The third-order valence-electron chi connectivity index (χ3n) is 4.40. The molecular weight excluding hydrogens is 264 g/mol. The van der Waals surface area contributed by atoms with Gasteiger partial charge in [0.2, 0.25) is 0 Å². The van der Waals surface area contributed by atoms with Crippen LogP contribution in [-0.4, -0.2) is 49.9 Å². The summed E-state index contributed by atoms with van der Waals surface area (Å²) in [6.07, 6.45) is 4.14. The van der Waals surface area contributed by atoms with E-state index in [1.165, 1.54) is 12.0 Å². The summed E-state index contributed by atoms with van der Waals surface area (Å²) in [5, 5.41) is 13.6. The average molecular weight is 292 g/mol. The van der Waals surface area contributed by atoms with Gasteiger partial charge in [-0.3, -0.25) is 0 Å². The predicted molar refractivity (Wildman–Crippen MR) is 85.7 cm³/mol. The predicted octanol–water partition coefficient (Wildman–Crippen LogP) is 2.19. The van der Waals surface area contributed by atoms with Gasteiger partial charge >= 0.3 is 0 Å². The molecule has 118 valence electrons. The van der Waals surface area contributed by atoms with Crippen LogP contribution in [0.5, 0.6) is 5.75 Å². The van der Waals surface area contributed by atoms with Crippen LogP contribution in [-0.2, 0) is 0 Å². The highest BCUT2D eigenvalue weighted by Gasteiger charge is 2.24. The Bertz CT molecular complexity index is 437. The maximum absolute atomic E-state index is 10.1. The zero-order valence-corrected chi connectivity index (χ0v) is 13.4. The highest BCUT2D eigenvalue weighted by Crippen LogP contribution is 2.24. The largest absolute Gasteiger partial charge is 0.497 e. The summed E-state index contributed by atoms with van der Waals surface area (Å²) >= 11 is 0. The Balaban J connectivity index is 2.01. The first-order valence-corrected chi connectivity index (χ1v) is 7.83. The molecule has 0 spiro atoms. The number of aliphatic hydroxyl groups excluding tert-OH is 1. The summed E-state index contributed by atoms with van der Waals surface area (Å²) in [6, 6.07) is 8.71. The van der Waals surface area contributed by atoms with Gasteiger partial charge in [0.25, 0.3) is 0 Å². The number of methoxy groups -OCH3 is 1.